The van der Waals surface area contributed by atoms with Crippen LogP contribution in [-0.2, 0) is 0 Å². The zero-order valence-corrected chi connectivity index (χ0v) is 18.2. The van der Waals surface area contributed by atoms with Gasteiger partial charge in [0, 0.05) is 27.8 Å². The van der Waals surface area contributed by atoms with Gasteiger partial charge < -0.3 is 0 Å². The molecular weight excluding hydrogens is 443 g/mol. The summed E-state index contributed by atoms with van der Waals surface area (Å²) in [5, 5.41) is 9.84. The van der Waals surface area contributed by atoms with Crippen LogP contribution in [0.2, 0.25) is 0 Å². The van der Waals surface area contributed by atoms with Crippen LogP contribution in [0.4, 0.5) is 0 Å². The van der Waals surface area contributed by atoms with Gasteiger partial charge in [-0.2, -0.15) is 5.26 Å². The summed E-state index contributed by atoms with van der Waals surface area (Å²) in [6.07, 6.45) is 7.61. The van der Waals surface area contributed by atoms with E-state index >= 15 is 0 Å². The Morgan fingerprint density at radius 3 is 2.64 bits per heavy atom. The largest absolute Gasteiger partial charge is 0.293 e. The second-order valence-electron chi connectivity index (χ2n) is 5.85. The van der Waals surface area contributed by atoms with E-state index in [2.05, 4.69) is 59.0 Å². The Morgan fingerprint density at radius 1 is 1.48 bits per heavy atom. The fourth-order valence-corrected chi connectivity index (χ4v) is 3.96. The second kappa shape index (κ2) is 9.77. The number of nitriles is 1. The molecule has 0 spiro atoms. The first kappa shape index (κ1) is 21.4. The molecule has 0 radical (unpaired) electrons. The van der Waals surface area contributed by atoms with E-state index in [1.165, 1.54) is 0 Å². The maximum atomic E-state index is 9.22. The van der Waals surface area contributed by atoms with Crippen molar-refractivity contribution in [1.82, 2.24) is 0 Å². The molecule has 1 unspecified atom stereocenters. The van der Waals surface area contributed by atoms with Crippen molar-refractivity contribution >= 4 is 39.9 Å². The van der Waals surface area contributed by atoms with E-state index in [1.807, 2.05) is 26.8 Å². The van der Waals surface area contributed by atoms with Crippen molar-refractivity contribution in [3.8, 4) is 6.07 Å². The fraction of sp³-hybridized carbons (Fsp3) is 0.286. The van der Waals surface area contributed by atoms with E-state index in [1.54, 1.807) is 19.2 Å². The molecule has 1 atom stereocenters. The van der Waals surface area contributed by atoms with Gasteiger partial charge in [0.15, 0.2) is 0 Å². The number of rotatable bonds is 5. The Morgan fingerprint density at radius 2 is 2.12 bits per heavy atom. The van der Waals surface area contributed by atoms with E-state index in [0.29, 0.717) is 10.6 Å². The molecule has 0 fully saturated rings. The molecule has 1 aliphatic rings. The van der Waals surface area contributed by atoms with Crippen molar-refractivity contribution in [3.63, 3.8) is 0 Å². The van der Waals surface area contributed by atoms with Crippen LogP contribution in [0.3, 0.4) is 0 Å². The highest BCUT2D eigenvalue weighted by atomic mass is 127. The van der Waals surface area contributed by atoms with Gasteiger partial charge in [0.1, 0.15) is 0 Å². The van der Waals surface area contributed by atoms with E-state index in [-0.39, 0.29) is 5.92 Å². The maximum absolute atomic E-state index is 9.22. The van der Waals surface area contributed by atoms with Gasteiger partial charge in [-0.3, -0.25) is 4.99 Å². The minimum absolute atomic E-state index is 0.0943. The first-order valence-corrected chi connectivity index (χ1v) is 9.31. The van der Waals surface area contributed by atoms with Gasteiger partial charge in [-0.05, 0) is 78.3 Å². The van der Waals surface area contributed by atoms with Gasteiger partial charge in [0.05, 0.1) is 16.7 Å². The lowest BCUT2D eigenvalue weighted by Gasteiger charge is -2.15. The van der Waals surface area contributed by atoms with Crippen LogP contribution in [0, 0.1) is 17.2 Å². The average Bonchev–Trinajstić information content (AvgIpc) is 2.75. The second-order valence-corrected chi connectivity index (χ2v) is 7.39. The number of hydrogen-bond acceptors (Lipinski definition) is 2. The Hall–Kier alpha value is -1.60. The van der Waals surface area contributed by atoms with Gasteiger partial charge in [0.2, 0.25) is 0 Å². The Labute approximate surface area is 169 Å². The summed E-state index contributed by atoms with van der Waals surface area (Å²) in [6.45, 7) is 11.9. The van der Waals surface area contributed by atoms with E-state index in [0.717, 1.165) is 31.6 Å². The molecule has 0 N–H and O–H groups in total. The summed E-state index contributed by atoms with van der Waals surface area (Å²) in [4.78, 5) is 4.29. The van der Waals surface area contributed by atoms with Crippen molar-refractivity contribution in [2.75, 3.05) is 7.05 Å². The van der Waals surface area contributed by atoms with Gasteiger partial charge in [0.25, 0.3) is 0 Å². The maximum Gasteiger partial charge on any atom is 0.0991 e. The molecule has 2 nitrogen and oxygen atoms in total. The number of hydrogen-bond donors (Lipinski definition) is 0. The molecule has 130 valence electrons. The molecule has 0 saturated carbocycles. The summed E-state index contributed by atoms with van der Waals surface area (Å²) in [5.74, 6) is 0.0943. The van der Waals surface area contributed by atoms with Crippen LogP contribution in [0.25, 0.3) is 0 Å². The van der Waals surface area contributed by atoms with Crippen LogP contribution >= 0.6 is 34.2 Å². The molecule has 4 heteroatoms. The molecule has 1 aliphatic carbocycles. The van der Waals surface area contributed by atoms with E-state index < -0.39 is 0 Å². The van der Waals surface area contributed by atoms with Crippen LogP contribution in [0.1, 0.15) is 27.7 Å². The molecule has 0 aromatic carbocycles. The third-order valence-electron chi connectivity index (χ3n) is 3.85. The highest BCUT2D eigenvalue weighted by Crippen LogP contribution is 2.32. The summed E-state index contributed by atoms with van der Waals surface area (Å²) in [6, 6.07) is 2.20. The molecule has 0 aliphatic heterocycles. The zero-order valence-electron chi connectivity index (χ0n) is 15.2. The SMILES string of the molecule is C=C(C)/C(Cl)=C(C(C)=NC)/C(I)=C\C(C)C1=CC(C#N)=CC=C=C1C. The van der Waals surface area contributed by atoms with Gasteiger partial charge >= 0.3 is 0 Å². The molecule has 0 amide bonds. The third kappa shape index (κ3) is 5.71. The molecule has 0 heterocycles. The third-order valence-corrected chi connectivity index (χ3v) is 5.26. The Kier molecular flexibility index (Phi) is 8.38. The number of allylic oxidation sites excluding steroid dienone is 10. The topological polar surface area (TPSA) is 36.1 Å². The standard InChI is InChI=1S/C21H22ClIN2/c1-13(2)21(22)20(16(5)25-6)19(23)10-15(4)18-11-17(12-24)9-7-8-14(18)3/h7,9-11,15H,1H2,2-6H3/b19-10+,21-20-,25-16?. The van der Waals surface area contributed by atoms with Crippen LogP contribution in [0.5, 0.6) is 0 Å². The van der Waals surface area contributed by atoms with Crippen molar-refractivity contribution < 1.29 is 0 Å². The lowest BCUT2D eigenvalue weighted by molar-refractivity contribution is 0.870. The molecule has 0 bridgehead atoms. The Bertz CT molecular complexity index is 836. The average molecular weight is 465 g/mol. The van der Waals surface area contributed by atoms with E-state index in [9.17, 15) is 5.26 Å². The predicted octanol–water partition coefficient (Wildman–Crippen LogP) is 6.59. The first-order chi connectivity index (χ1) is 11.7. The lowest BCUT2D eigenvalue weighted by Crippen LogP contribution is -2.04. The quantitative estimate of drug-likeness (QED) is 0.196. The van der Waals surface area contributed by atoms with Crippen LogP contribution in [-0.4, -0.2) is 12.8 Å². The first-order valence-electron chi connectivity index (χ1n) is 7.85. The highest BCUT2D eigenvalue weighted by molar-refractivity contribution is 14.1. The molecule has 0 saturated heterocycles. The molecule has 25 heavy (non-hydrogen) atoms. The highest BCUT2D eigenvalue weighted by Gasteiger charge is 2.16. The van der Waals surface area contributed by atoms with Crippen molar-refractivity contribution in [2.45, 2.75) is 27.7 Å². The Balaban J connectivity index is 3.41. The van der Waals surface area contributed by atoms with Crippen LogP contribution < -0.4 is 0 Å². The number of aliphatic imine (C=N–C) groups is 1. The normalized spacial score (nSPS) is 17.6. The minimum Gasteiger partial charge on any atom is -0.293 e. The monoisotopic (exact) mass is 464 g/mol. The van der Waals surface area contributed by atoms with Gasteiger partial charge in [-0.1, -0.05) is 31.2 Å². The summed E-state index contributed by atoms with van der Waals surface area (Å²) >= 11 is 8.77. The van der Waals surface area contributed by atoms with Crippen molar-refractivity contribution in [3.05, 3.63) is 73.1 Å². The summed E-state index contributed by atoms with van der Waals surface area (Å²) < 4.78 is 1.01. The predicted molar refractivity (Wildman–Crippen MR) is 117 cm³/mol. The minimum atomic E-state index is 0.0943. The van der Waals surface area contributed by atoms with Gasteiger partial charge in [-0.15, -0.1) is 5.73 Å². The van der Waals surface area contributed by atoms with Crippen molar-refractivity contribution in [1.29, 1.82) is 5.26 Å². The fourth-order valence-electron chi connectivity index (χ4n) is 2.36. The molecule has 1 rings (SSSR count). The van der Waals surface area contributed by atoms with Gasteiger partial charge in [-0.25, -0.2) is 0 Å². The van der Waals surface area contributed by atoms with E-state index in [4.69, 9.17) is 11.6 Å². The molecule has 0 aromatic rings. The summed E-state index contributed by atoms with van der Waals surface area (Å²) in [7, 11) is 1.75. The summed E-state index contributed by atoms with van der Waals surface area (Å²) in [5.41, 5.74) is 8.47. The van der Waals surface area contributed by atoms with Crippen LogP contribution in [0.15, 0.2) is 78.1 Å². The van der Waals surface area contributed by atoms with Crippen molar-refractivity contribution in [2.24, 2.45) is 10.9 Å². The smallest absolute Gasteiger partial charge is 0.0991 e. The molecular formula is C21H22ClIN2. The lowest BCUT2D eigenvalue weighted by atomic mass is 9.92. The zero-order chi connectivity index (χ0) is 19.1. The number of halogens is 2. The number of nitrogens with zero attached hydrogens (tertiary/aromatic N) is 2. The molecule has 0 aromatic heterocycles.